The average molecular weight is 519 g/mol. The number of nitriles is 1. The van der Waals surface area contributed by atoms with Crippen molar-refractivity contribution in [1.29, 1.82) is 5.26 Å². The molecule has 5 atom stereocenters. The number of carbonyl (C=O) groups is 2. The van der Waals surface area contributed by atoms with Gasteiger partial charge in [-0.2, -0.15) is 10.2 Å². The number of nitrogens with two attached hydrogens (primary N) is 2. The lowest BCUT2D eigenvalue weighted by molar-refractivity contribution is -0.133. The van der Waals surface area contributed by atoms with E-state index in [9.17, 15) is 20.0 Å². The Morgan fingerprint density at radius 3 is 2.42 bits per heavy atom. The van der Waals surface area contributed by atoms with E-state index in [0.29, 0.717) is 48.2 Å². The van der Waals surface area contributed by atoms with Gasteiger partial charge >= 0.3 is 0 Å². The SMILES string of the molecule is N#Cc1cnc(NCc2ccccc2O)nc1NC[C@@]12CC3C[C@H](C1)[C@@H](N(CC(N)=O)CC(N)=O)[C@@H](C3)C2. The van der Waals surface area contributed by atoms with Crippen LogP contribution in [0.5, 0.6) is 5.75 Å². The maximum Gasteiger partial charge on any atom is 0.231 e. The minimum absolute atomic E-state index is 0.0412. The number of phenols is 1. The standard InChI is InChI=1S/C27H34N8O3/c28-10-20-12-32-26(31-11-17-3-1-2-4-21(17)36)34-25(20)33-15-27-7-16-5-18(8-27)24(19(6-16)9-27)35(13-22(29)37)14-23(30)38/h1-4,12,16,18-19,24,36H,5-9,11,13-15H2,(H2,29,37)(H2,30,38)(H2,31,32,33,34)/t16?,18-,19+,24-,27+. The minimum Gasteiger partial charge on any atom is -0.508 e. The van der Waals surface area contributed by atoms with E-state index in [-0.39, 0.29) is 30.3 Å². The van der Waals surface area contributed by atoms with Gasteiger partial charge in [-0.3, -0.25) is 14.5 Å². The van der Waals surface area contributed by atoms with Crippen LogP contribution in [0.3, 0.4) is 0 Å². The first-order chi connectivity index (χ1) is 18.2. The number of phenolic OH excluding ortho intramolecular Hbond substituents is 1. The van der Waals surface area contributed by atoms with Crippen molar-refractivity contribution < 1.29 is 14.7 Å². The number of aromatic nitrogens is 2. The summed E-state index contributed by atoms with van der Waals surface area (Å²) in [5, 5.41) is 26.2. The van der Waals surface area contributed by atoms with Crippen molar-refractivity contribution >= 4 is 23.6 Å². The molecule has 0 radical (unpaired) electrons. The fourth-order valence-corrected chi connectivity index (χ4v) is 7.44. The van der Waals surface area contributed by atoms with Crippen molar-refractivity contribution in [3.63, 3.8) is 0 Å². The number of hydrogen-bond donors (Lipinski definition) is 5. The molecule has 11 nitrogen and oxygen atoms in total. The Hall–Kier alpha value is -3.91. The third kappa shape index (κ3) is 5.36. The van der Waals surface area contributed by atoms with Crippen LogP contribution in [0.2, 0.25) is 0 Å². The van der Waals surface area contributed by atoms with E-state index in [1.165, 1.54) is 6.20 Å². The second-order valence-electron chi connectivity index (χ2n) is 11.2. The predicted octanol–water partition coefficient (Wildman–Crippen LogP) is 1.55. The van der Waals surface area contributed by atoms with Crippen LogP contribution in [0.4, 0.5) is 11.8 Å². The quantitative estimate of drug-likeness (QED) is 0.294. The van der Waals surface area contributed by atoms with Gasteiger partial charge in [0.05, 0.1) is 19.3 Å². The molecule has 0 spiro atoms. The van der Waals surface area contributed by atoms with E-state index >= 15 is 0 Å². The number of anilines is 2. The van der Waals surface area contributed by atoms with Gasteiger partial charge in [-0.05, 0) is 61.3 Å². The Kier molecular flexibility index (Phi) is 7.08. The van der Waals surface area contributed by atoms with E-state index in [4.69, 9.17) is 11.5 Å². The lowest BCUT2D eigenvalue weighted by Gasteiger charge is -2.62. The van der Waals surface area contributed by atoms with Crippen molar-refractivity contribution in [3.8, 4) is 11.8 Å². The number of rotatable bonds is 11. The van der Waals surface area contributed by atoms with Crippen molar-refractivity contribution in [2.24, 2.45) is 34.6 Å². The van der Waals surface area contributed by atoms with Crippen molar-refractivity contribution in [3.05, 3.63) is 41.6 Å². The molecule has 200 valence electrons. The van der Waals surface area contributed by atoms with Gasteiger partial charge in [0.15, 0.2) is 0 Å². The highest BCUT2D eigenvalue weighted by Crippen LogP contribution is 2.61. The summed E-state index contributed by atoms with van der Waals surface area (Å²) in [6, 6.07) is 9.35. The molecule has 11 heteroatoms. The Bertz CT molecular complexity index is 1230. The summed E-state index contributed by atoms with van der Waals surface area (Å²) in [6.45, 7) is 1.11. The number of para-hydroxylation sites is 1. The molecule has 0 saturated heterocycles. The normalized spacial score (nSPS) is 27.2. The van der Waals surface area contributed by atoms with Gasteiger partial charge in [-0.25, -0.2) is 4.98 Å². The fraction of sp³-hybridized carbons (Fsp3) is 0.519. The third-order valence-corrected chi connectivity index (χ3v) is 8.46. The van der Waals surface area contributed by atoms with Gasteiger partial charge < -0.3 is 27.2 Å². The van der Waals surface area contributed by atoms with Gasteiger partial charge in [0, 0.05) is 24.7 Å². The second-order valence-corrected chi connectivity index (χ2v) is 11.2. The highest BCUT2D eigenvalue weighted by Gasteiger charge is 2.56. The molecule has 4 aliphatic carbocycles. The number of carbonyl (C=O) groups excluding carboxylic acids is 2. The first kappa shape index (κ1) is 25.7. The van der Waals surface area contributed by atoms with E-state index in [1.54, 1.807) is 12.1 Å². The minimum atomic E-state index is -0.448. The molecule has 4 fully saturated rings. The summed E-state index contributed by atoms with van der Waals surface area (Å²) in [5.74, 6) is 1.47. The third-order valence-electron chi connectivity index (χ3n) is 8.46. The van der Waals surface area contributed by atoms with E-state index in [2.05, 4.69) is 26.7 Å². The molecule has 1 heterocycles. The van der Waals surface area contributed by atoms with E-state index in [0.717, 1.165) is 37.7 Å². The smallest absolute Gasteiger partial charge is 0.231 e. The van der Waals surface area contributed by atoms with Gasteiger partial charge in [0.25, 0.3) is 0 Å². The van der Waals surface area contributed by atoms with Crippen molar-refractivity contribution in [2.45, 2.75) is 44.7 Å². The molecule has 4 aliphatic rings. The molecule has 4 saturated carbocycles. The lowest BCUT2D eigenvalue weighted by atomic mass is 9.47. The van der Waals surface area contributed by atoms with Gasteiger partial charge in [0.2, 0.25) is 17.8 Å². The van der Waals surface area contributed by atoms with E-state index < -0.39 is 11.8 Å². The zero-order chi connectivity index (χ0) is 26.9. The maximum atomic E-state index is 11.7. The highest BCUT2D eigenvalue weighted by atomic mass is 16.3. The maximum absolute atomic E-state index is 11.7. The van der Waals surface area contributed by atoms with Gasteiger partial charge in [-0.1, -0.05) is 18.2 Å². The number of nitrogens with zero attached hydrogens (tertiary/aromatic N) is 4. The zero-order valence-electron chi connectivity index (χ0n) is 21.3. The van der Waals surface area contributed by atoms with Crippen LogP contribution < -0.4 is 22.1 Å². The summed E-state index contributed by atoms with van der Waals surface area (Å²) in [6.07, 6.45) is 6.71. The van der Waals surface area contributed by atoms with Crippen molar-refractivity contribution in [1.82, 2.24) is 14.9 Å². The number of nitrogens with one attached hydrogen (secondary N) is 2. The van der Waals surface area contributed by atoms with E-state index in [1.807, 2.05) is 17.0 Å². The van der Waals surface area contributed by atoms with Crippen LogP contribution in [0, 0.1) is 34.5 Å². The summed E-state index contributed by atoms with van der Waals surface area (Å²) < 4.78 is 0. The molecule has 2 aromatic rings. The predicted molar refractivity (Wildman–Crippen MR) is 140 cm³/mol. The molecule has 1 unspecified atom stereocenters. The molecule has 7 N–H and O–H groups in total. The summed E-state index contributed by atoms with van der Waals surface area (Å²) >= 11 is 0. The number of aromatic hydroxyl groups is 1. The molecule has 0 aliphatic heterocycles. The summed E-state index contributed by atoms with van der Waals surface area (Å²) in [7, 11) is 0. The Balaban J connectivity index is 1.28. The zero-order valence-corrected chi connectivity index (χ0v) is 21.3. The molecule has 2 amide bonds. The molecule has 4 bridgehead atoms. The van der Waals surface area contributed by atoms with Crippen molar-refractivity contribution in [2.75, 3.05) is 30.3 Å². The molecular formula is C27H34N8O3. The topological polar surface area (TPSA) is 183 Å². The molecule has 1 aromatic heterocycles. The van der Waals surface area contributed by atoms with Gasteiger partial charge in [0.1, 0.15) is 23.2 Å². The van der Waals surface area contributed by atoms with Crippen LogP contribution in [0.25, 0.3) is 0 Å². The second kappa shape index (κ2) is 10.5. The molecule has 38 heavy (non-hydrogen) atoms. The number of hydrogen-bond acceptors (Lipinski definition) is 9. The first-order valence-corrected chi connectivity index (χ1v) is 13.1. The number of primary amides is 2. The average Bonchev–Trinajstić information content (AvgIpc) is 2.86. The number of amides is 2. The lowest BCUT2D eigenvalue weighted by Crippen LogP contribution is -2.62. The summed E-state index contributed by atoms with van der Waals surface area (Å²) in [4.78, 5) is 34.2. The molecular weight excluding hydrogens is 484 g/mol. The van der Waals surface area contributed by atoms with Crippen LogP contribution in [-0.2, 0) is 16.1 Å². The highest BCUT2D eigenvalue weighted by molar-refractivity contribution is 5.79. The van der Waals surface area contributed by atoms with Crippen LogP contribution >= 0.6 is 0 Å². The molecule has 6 rings (SSSR count). The number of benzene rings is 1. The van der Waals surface area contributed by atoms with Crippen LogP contribution in [0.15, 0.2) is 30.5 Å². The van der Waals surface area contributed by atoms with Crippen LogP contribution in [0.1, 0.15) is 43.2 Å². The molecule has 1 aromatic carbocycles. The Morgan fingerprint density at radius 1 is 1.11 bits per heavy atom. The summed E-state index contributed by atoms with van der Waals surface area (Å²) in [5.41, 5.74) is 12.2. The monoisotopic (exact) mass is 518 g/mol. The van der Waals surface area contributed by atoms with Crippen LogP contribution in [-0.4, -0.2) is 57.5 Å². The van der Waals surface area contributed by atoms with Gasteiger partial charge in [-0.15, -0.1) is 0 Å². The largest absolute Gasteiger partial charge is 0.508 e. The Labute approximate surface area is 221 Å². The fourth-order valence-electron chi connectivity index (χ4n) is 7.44. The first-order valence-electron chi connectivity index (χ1n) is 13.1. The Morgan fingerprint density at radius 2 is 1.79 bits per heavy atom.